The lowest BCUT2D eigenvalue weighted by atomic mass is 10.1. The summed E-state index contributed by atoms with van der Waals surface area (Å²) in [5, 5.41) is 4.07. The number of benzene rings is 2. The third-order valence-electron chi connectivity index (χ3n) is 6.46. The van der Waals surface area contributed by atoms with Gasteiger partial charge in [0.05, 0.1) is 16.8 Å². The molecule has 5 heteroatoms. The van der Waals surface area contributed by atoms with Gasteiger partial charge in [-0.3, -0.25) is 14.7 Å². The number of anilines is 2. The molecule has 5 rings (SSSR count). The van der Waals surface area contributed by atoms with Crippen LogP contribution >= 0.6 is 0 Å². The Morgan fingerprint density at radius 2 is 1.84 bits per heavy atom. The van der Waals surface area contributed by atoms with E-state index in [4.69, 9.17) is 0 Å². The van der Waals surface area contributed by atoms with E-state index in [1.165, 1.54) is 30.6 Å². The minimum absolute atomic E-state index is 0.112. The minimum atomic E-state index is -0.112. The summed E-state index contributed by atoms with van der Waals surface area (Å²) in [5.74, 6) is 0.834. The van der Waals surface area contributed by atoms with E-state index in [0.29, 0.717) is 5.56 Å². The van der Waals surface area contributed by atoms with Gasteiger partial charge in [-0.25, -0.2) is 0 Å². The van der Waals surface area contributed by atoms with Crippen LogP contribution in [-0.4, -0.2) is 48.5 Å². The zero-order chi connectivity index (χ0) is 21.4. The summed E-state index contributed by atoms with van der Waals surface area (Å²) in [6, 6.07) is 16.3. The Bertz CT molecular complexity index is 1110. The number of nitrogens with zero attached hydrogens (tertiary/aromatic N) is 3. The van der Waals surface area contributed by atoms with E-state index in [1.807, 2.05) is 31.2 Å². The average molecular weight is 415 g/mol. The molecule has 0 radical (unpaired) electrons. The van der Waals surface area contributed by atoms with Gasteiger partial charge in [0.25, 0.3) is 5.91 Å². The van der Waals surface area contributed by atoms with Gasteiger partial charge < -0.3 is 10.2 Å². The molecule has 2 heterocycles. The topological polar surface area (TPSA) is 48.5 Å². The molecular formula is C26H30N4O. The molecule has 5 nitrogen and oxygen atoms in total. The van der Waals surface area contributed by atoms with E-state index in [9.17, 15) is 4.79 Å². The lowest BCUT2D eigenvalue weighted by molar-refractivity contribution is 0.102. The van der Waals surface area contributed by atoms with Gasteiger partial charge in [-0.2, -0.15) is 0 Å². The zero-order valence-electron chi connectivity index (χ0n) is 18.4. The van der Waals surface area contributed by atoms with Gasteiger partial charge in [-0.15, -0.1) is 0 Å². The van der Waals surface area contributed by atoms with Crippen LogP contribution < -0.4 is 10.2 Å². The Morgan fingerprint density at radius 1 is 1.03 bits per heavy atom. The monoisotopic (exact) mass is 414 g/mol. The van der Waals surface area contributed by atoms with Crippen LogP contribution in [0.3, 0.4) is 0 Å². The largest absolute Gasteiger partial charge is 0.369 e. The maximum Gasteiger partial charge on any atom is 0.257 e. The van der Waals surface area contributed by atoms with Crippen LogP contribution in [-0.2, 0) is 0 Å². The molecule has 2 aromatic carbocycles. The summed E-state index contributed by atoms with van der Waals surface area (Å²) in [5.41, 5.74) is 5.46. The number of piperazine rings is 1. The average Bonchev–Trinajstić information content (AvgIpc) is 3.58. The highest BCUT2D eigenvalue weighted by Gasteiger charge is 2.26. The van der Waals surface area contributed by atoms with Crippen LogP contribution in [0.2, 0.25) is 0 Å². The van der Waals surface area contributed by atoms with Crippen LogP contribution in [0.4, 0.5) is 11.4 Å². The first kappa shape index (κ1) is 20.0. The molecule has 1 saturated carbocycles. The number of carbonyl (C=O) groups excluding carboxylic acids is 1. The fraction of sp³-hybridized carbons (Fsp3) is 0.385. The molecule has 0 spiro atoms. The molecule has 0 atom stereocenters. The molecule has 3 aromatic rings. The molecule has 1 amide bonds. The number of nitrogens with one attached hydrogen (secondary N) is 1. The summed E-state index contributed by atoms with van der Waals surface area (Å²) in [6.45, 7) is 9.53. The second-order valence-electron chi connectivity index (χ2n) is 9.05. The van der Waals surface area contributed by atoms with Gasteiger partial charge in [0.1, 0.15) is 0 Å². The lowest BCUT2D eigenvalue weighted by Crippen LogP contribution is -2.47. The van der Waals surface area contributed by atoms with Crippen molar-refractivity contribution >= 4 is 28.2 Å². The molecule has 0 bridgehead atoms. The molecule has 2 fully saturated rings. The highest BCUT2D eigenvalue weighted by Crippen LogP contribution is 2.30. The quantitative estimate of drug-likeness (QED) is 0.661. The summed E-state index contributed by atoms with van der Waals surface area (Å²) in [7, 11) is 0. The number of rotatable bonds is 5. The number of amides is 1. The van der Waals surface area contributed by atoms with Crippen molar-refractivity contribution in [3.05, 3.63) is 65.4 Å². The molecule has 1 N–H and O–H groups in total. The molecule has 1 aliphatic heterocycles. The van der Waals surface area contributed by atoms with Gasteiger partial charge in [-0.05, 0) is 68.5 Å². The first-order valence-electron chi connectivity index (χ1n) is 11.3. The summed E-state index contributed by atoms with van der Waals surface area (Å²) in [6.07, 6.45) is 2.82. The maximum atomic E-state index is 13.0. The molecule has 160 valence electrons. The van der Waals surface area contributed by atoms with Crippen molar-refractivity contribution in [2.75, 3.05) is 42.9 Å². The maximum absolute atomic E-state index is 13.0. The third kappa shape index (κ3) is 4.57. The van der Waals surface area contributed by atoms with Crippen LogP contribution in [0.15, 0.2) is 48.5 Å². The van der Waals surface area contributed by atoms with Crippen molar-refractivity contribution in [2.45, 2.75) is 26.7 Å². The van der Waals surface area contributed by atoms with Crippen molar-refractivity contribution < 1.29 is 4.79 Å². The second-order valence-corrected chi connectivity index (χ2v) is 9.05. The number of aromatic nitrogens is 1. The summed E-state index contributed by atoms with van der Waals surface area (Å²) >= 11 is 0. The van der Waals surface area contributed by atoms with Gasteiger partial charge in [0.2, 0.25) is 0 Å². The van der Waals surface area contributed by atoms with Crippen LogP contribution in [0.25, 0.3) is 10.9 Å². The first-order chi connectivity index (χ1) is 15.0. The zero-order valence-corrected chi connectivity index (χ0v) is 18.4. The fourth-order valence-electron chi connectivity index (χ4n) is 4.44. The third-order valence-corrected chi connectivity index (χ3v) is 6.46. The number of fused-ring (bicyclic) bond motifs is 1. The Balaban J connectivity index is 1.28. The van der Waals surface area contributed by atoms with E-state index < -0.39 is 0 Å². The number of hydrogen-bond donors (Lipinski definition) is 1. The number of aryl methyl sites for hydroxylation is 2. The summed E-state index contributed by atoms with van der Waals surface area (Å²) in [4.78, 5) is 22.7. The number of pyridine rings is 1. The fourth-order valence-corrected chi connectivity index (χ4v) is 4.44. The Hall–Kier alpha value is -2.92. The lowest BCUT2D eigenvalue weighted by Gasteiger charge is -2.36. The van der Waals surface area contributed by atoms with Gasteiger partial charge in [0, 0.05) is 49.5 Å². The van der Waals surface area contributed by atoms with Crippen molar-refractivity contribution in [2.24, 2.45) is 5.92 Å². The molecule has 1 aliphatic carbocycles. The summed E-state index contributed by atoms with van der Waals surface area (Å²) < 4.78 is 0. The second kappa shape index (κ2) is 8.31. The van der Waals surface area contributed by atoms with Crippen LogP contribution in [0, 0.1) is 19.8 Å². The van der Waals surface area contributed by atoms with Gasteiger partial charge in [-0.1, -0.05) is 18.2 Å². The Labute approximate surface area is 184 Å². The van der Waals surface area contributed by atoms with Crippen LogP contribution in [0.1, 0.15) is 34.5 Å². The number of carbonyl (C=O) groups is 1. The van der Waals surface area contributed by atoms with E-state index in [-0.39, 0.29) is 5.91 Å². The Kier molecular flexibility index (Phi) is 5.36. The normalized spacial score (nSPS) is 17.2. The highest BCUT2D eigenvalue weighted by atomic mass is 16.1. The van der Waals surface area contributed by atoms with Gasteiger partial charge in [0.15, 0.2) is 0 Å². The van der Waals surface area contributed by atoms with Crippen molar-refractivity contribution in [1.82, 2.24) is 9.88 Å². The van der Waals surface area contributed by atoms with E-state index in [2.05, 4.69) is 51.3 Å². The highest BCUT2D eigenvalue weighted by molar-refractivity contribution is 6.07. The van der Waals surface area contributed by atoms with Crippen LogP contribution in [0.5, 0.6) is 0 Å². The standard InChI is InChI=1S/C26H30N4O/c1-18-6-9-21-15-24(19(2)27-25(21)14-18)26(31)28-22-4-3-5-23(16-22)30-12-10-29(11-13-30)17-20-7-8-20/h3-6,9,14-16,20H,7-8,10-13,17H2,1-2H3,(H,28,31). The predicted octanol–water partition coefficient (Wildman–Crippen LogP) is 4.64. The van der Waals surface area contributed by atoms with Gasteiger partial charge >= 0.3 is 0 Å². The minimum Gasteiger partial charge on any atom is -0.369 e. The molecule has 1 saturated heterocycles. The molecule has 2 aliphatic rings. The van der Waals surface area contributed by atoms with Crippen molar-refractivity contribution in [1.29, 1.82) is 0 Å². The molecular weight excluding hydrogens is 384 g/mol. The predicted molar refractivity (Wildman–Crippen MR) is 127 cm³/mol. The smallest absolute Gasteiger partial charge is 0.257 e. The molecule has 31 heavy (non-hydrogen) atoms. The van der Waals surface area contributed by atoms with E-state index >= 15 is 0 Å². The van der Waals surface area contributed by atoms with Crippen molar-refractivity contribution in [3.8, 4) is 0 Å². The molecule has 1 aromatic heterocycles. The molecule has 0 unspecified atom stereocenters. The Morgan fingerprint density at radius 3 is 2.61 bits per heavy atom. The van der Waals surface area contributed by atoms with E-state index in [1.54, 1.807) is 0 Å². The SMILES string of the molecule is Cc1ccc2cc(C(=O)Nc3cccc(N4CCN(CC5CC5)CC4)c3)c(C)nc2c1. The first-order valence-corrected chi connectivity index (χ1v) is 11.3. The van der Waals surface area contributed by atoms with Crippen molar-refractivity contribution in [3.63, 3.8) is 0 Å². The van der Waals surface area contributed by atoms with E-state index in [0.717, 1.165) is 54.4 Å². The number of hydrogen-bond acceptors (Lipinski definition) is 4.